The number of hydrogen-bond acceptors (Lipinski definition) is 7. The van der Waals surface area contributed by atoms with Gasteiger partial charge in [0.15, 0.2) is 5.82 Å². The Morgan fingerprint density at radius 3 is 2.53 bits per heavy atom. The molecule has 2 amide bonds. The van der Waals surface area contributed by atoms with E-state index in [-0.39, 0.29) is 36.1 Å². The lowest BCUT2D eigenvalue weighted by Gasteiger charge is -2.12. The summed E-state index contributed by atoms with van der Waals surface area (Å²) in [6, 6.07) is 12.2. The number of nitrogens with one attached hydrogen (secondary N) is 3. The SMILES string of the molecule is CC(C)(C)c1cc(NC(=O)Cc2ccc(NC(=O)c3ccc(OCC4CCNC4)cn3)cc2)no1.Cl. The van der Waals surface area contributed by atoms with Crippen molar-refractivity contribution in [3.05, 3.63) is 65.7 Å². The van der Waals surface area contributed by atoms with Gasteiger partial charge in [-0.3, -0.25) is 9.59 Å². The lowest BCUT2D eigenvalue weighted by Crippen LogP contribution is -2.16. The van der Waals surface area contributed by atoms with E-state index >= 15 is 0 Å². The van der Waals surface area contributed by atoms with Gasteiger partial charge in [-0.05, 0) is 42.8 Å². The first-order valence-electron chi connectivity index (χ1n) is 11.7. The lowest BCUT2D eigenvalue weighted by atomic mass is 9.93. The van der Waals surface area contributed by atoms with Crippen LogP contribution in [-0.2, 0) is 16.6 Å². The second-order valence-corrected chi connectivity index (χ2v) is 9.75. The van der Waals surface area contributed by atoms with Crippen LogP contribution in [0.15, 0.2) is 53.2 Å². The first-order chi connectivity index (χ1) is 16.8. The van der Waals surface area contributed by atoms with Crippen LogP contribution in [0.2, 0.25) is 0 Å². The quantitative estimate of drug-likeness (QED) is 0.413. The molecule has 1 aliphatic rings. The van der Waals surface area contributed by atoms with Gasteiger partial charge in [0, 0.05) is 29.6 Å². The Balaban J connectivity index is 0.00000361. The minimum Gasteiger partial charge on any atom is -0.492 e. The number of benzene rings is 1. The molecule has 0 aliphatic carbocycles. The number of ether oxygens (including phenoxy) is 1. The van der Waals surface area contributed by atoms with Gasteiger partial charge < -0.3 is 25.2 Å². The van der Waals surface area contributed by atoms with E-state index in [1.54, 1.807) is 48.7 Å². The Morgan fingerprint density at radius 1 is 1.14 bits per heavy atom. The van der Waals surface area contributed by atoms with Gasteiger partial charge in [-0.1, -0.05) is 38.1 Å². The summed E-state index contributed by atoms with van der Waals surface area (Å²) in [7, 11) is 0. The molecule has 10 heteroatoms. The Labute approximate surface area is 216 Å². The summed E-state index contributed by atoms with van der Waals surface area (Å²) in [5, 5.41) is 12.8. The molecule has 36 heavy (non-hydrogen) atoms. The summed E-state index contributed by atoms with van der Waals surface area (Å²) in [5.74, 6) is 1.73. The molecule has 9 nitrogen and oxygen atoms in total. The number of carbonyl (C=O) groups excluding carboxylic acids is 2. The third-order valence-corrected chi connectivity index (χ3v) is 5.71. The maximum atomic E-state index is 12.5. The predicted molar refractivity (Wildman–Crippen MR) is 140 cm³/mol. The number of halogens is 1. The minimum atomic E-state index is -0.317. The number of carbonyl (C=O) groups is 2. The fourth-order valence-electron chi connectivity index (χ4n) is 3.63. The molecular weight excluding hydrogens is 482 g/mol. The van der Waals surface area contributed by atoms with Crippen LogP contribution in [0.5, 0.6) is 5.75 Å². The zero-order chi connectivity index (χ0) is 24.8. The predicted octanol–water partition coefficient (Wildman–Crippen LogP) is 4.21. The summed E-state index contributed by atoms with van der Waals surface area (Å²) in [6.45, 7) is 8.66. The highest BCUT2D eigenvalue weighted by molar-refractivity contribution is 6.02. The highest BCUT2D eigenvalue weighted by Gasteiger charge is 2.20. The van der Waals surface area contributed by atoms with Crippen LogP contribution in [0, 0.1) is 5.92 Å². The van der Waals surface area contributed by atoms with E-state index in [0.29, 0.717) is 41.2 Å². The molecule has 1 fully saturated rings. The zero-order valence-corrected chi connectivity index (χ0v) is 21.5. The number of aromatic nitrogens is 2. The molecule has 0 bridgehead atoms. The Bertz CT molecular complexity index is 1150. The van der Waals surface area contributed by atoms with Gasteiger partial charge in [-0.15, -0.1) is 12.4 Å². The molecule has 0 radical (unpaired) electrons. The third-order valence-electron chi connectivity index (χ3n) is 5.71. The van der Waals surface area contributed by atoms with Crippen LogP contribution in [0.25, 0.3) is 0 Å². The molecule has 0 saturated carbocycles. The normalized spacial score (nSPS) is 15.1. The minimum absolute atomic E-state index is 0. The maximum absolute atomic E-state index is 12.5. The highest BCUT2D eigenvalue weighted by atomic mass is 35.5. The number of amides is 2. The van der Waals surface area contributed by atoms with Crippen molar-refractivity contribution in [1.29, 1.82) is 0 Å². The second kappa shape index (κ2) is 12.0. The Hall–Kier alpha value is -3.43. The molecule has 0 spiro atoms. The van der Waals surface area contributed by atoms with Crippen LogP contribution < -0.4 is 20.7 Å². The van der Waals surface area contributed by atoms with E-state index in [0.717, 1.165) is 25.1 Å². The molecule has 1 unspecified atom stereocenters. The van der Waals surface area contributed by atoms with Gasteiger partial charge in [-0.25, -0.2) is 4.98 Å². The number of pyridine rings is 1. The van der Waals surface area contributed by atoms with E-state index in [1.807, 2.05) is 20.8 Å². The van der Waals surface area contributed by atoms with Crippen molar-refractivity contribution < 1.29 is 18.8 Å². The van der Waals surface area contributed by atoms with Gasteiger partial charge in [0.25, 0.3) is 5.91 Å². The fourth-order valence-corrected chi connectivity index (χ4v) is 3.63. The average molecular weight is 514 g/mol. The summed E-state index contributed by atoms with van der Waals surface area (Å²) in [4.78, 5) is 29.1. The second-order valence-electron chi connectivity index (χ2n) is 9.75. The lowest BCUT2D eigenvalue weighted by molar-refractivity contribution is -0.115. The largest absolute Gasteiger partial charge is 0.492 e. The number of rotatable bonds is 8. The molecular formula is C26H32ClN5O4. The standard InChI is InChI=1S/C26H31N5O4.ClH/c1-26(2,3)22-13-23(31-35-22)30-24(32)12-17-4-6-19(7-5-17)29-25(33)21-9-8-20(15-28-21)34-16-18-10-11-27-14-18;/h4-9,13,15,18,27H,10-12,14,16H2,1-3H3,(H,29,33)(H,30,31,32);1H. The molecule has 3 aromatic rings. The third kappa shape index (κ3) is 7.53. The van der Waals surface area contributed by atoms with E-state index in [9.17, 15) is 9.59 Å². The van der Waals surface area contributed by atoms with Crippen molar-refractivity contribution in [3.63, 3.8) is 0 Å². The summed E-state index contributed by atoms with van der Waals surface area (Å²) >= 11 is 0. The Kier molecular flexibility index (Phi) is 9.06. The fraction of sp³-hybridized carbons (Fsp3) is 0.385. The molecule has 192 valence electrons. The van der Waals surface area contributed by atoms with Crippen molar-refractivity contribution in [2.24, 2.45) is 5.92 Å². The number of nitrogens with zero attached hydrogens (tertiary/aromatic N) is 2. The van der Waals surface area contributed by atoms with Crippen LogP contribution in [0.3, 0.4) is 0 Å². The van der Waals surface area contributed by atoms with Crippen LogP contribution in [0.4, 0.5) is 11.5 Å². The number of anilines is 2. The van der Waals surface area contributed by atoms with E-state index in [2.05, 4.69) is 26.1 Å². The topological polar surface area (TPSA) is 118 Å². The maximum Gasteiger partial charge on any atom is 0.274 e. The zero-order valence-electron chi connectivity index (χ0n) is 20.7. The molecule has 1 aliphatic heterocycles. The summed E-state index contributed by atoms with van der Waals surface area (Å²) in [5.41, 5.74) is 1.53. The van der Waals surface area contributed by atoms with Crippen molar-refractivity contribution >= 4 is 35.7 Å². The molecule has 4 rings (SSSR count). The molecule has 2 aromatic heterocycles. The van der Waals surface area contributed by atoms with Gasteiger partial charge in [-0.2, -0.15) is 0 Å². The molecule has 1 saturated heterocycles. The van der Waals surface area contributed by atoms with Crippen molar-refractivity contribution in [2.75, 3.05) is 30.3 Å². The molecule has 1 aromatic carbocycles. The van der Waals surface area contributed by atoms with Gasteiger partial charge in [0.1, 0.15) is 17.2 Å². The smallest absolute Gasteiger partial charge is 0.274 e. The molecule has 1 atom stereocenters. The summed E-state index contributed by atoms with van der Waals surface area (Å²) < 4.78 is 11.1. The first-order valence-corrected chi connectivity index (χ1v) is 11.7. The van der Waals surface area contributed by atoms with Crippen LogP contribution in [0.1, 0.15) is 49.0 Å². The van der Waals surface area contributed by atoms with E-state index in [1.165, 1.54) is 0 Å². The van der Waals surface area contributed by atoms with Gasteiger partial charge >= 0.3 is 0 Å². The van der Waals surface area contributed by atoms with Crippen LogP contribution >= 0.6 is 12.4 Å². The van der Waals surface area contributed by atoms with Gasteiger partial charge in [0.05, 0.1) is 19.2 Å². The highest BCUT2D eigenvalue weighted by Crippen LogP contribution is 2.24. The first kappa shape index (κ1) is 27.2. The van der Waals surface area contributed by atoms with Crippen molar-refractivity contribution in [3.8, 4) is 5.75 Å². The van der Waals surface area contributed by atoms with Crippen LogP contribution in [-0.4, -0.2) is 41.7 Å². The average Bonchev–Trinajstić information content (AvgIpc) is 3.51. The molecule has 3 heterocycles. The summed E-state index contributed by atoms with van der Waals surface area (Å²) in [6.07, 6.45) is 2.85. The Morgan fingerprint density at radius 2 is 1.92 bits per heavy atom. The van der Waals surface area contributed by atoms with Gasteiger partial charge in [0.2, 0.25) is 5.91 Å². The van der Waals surface area contributed by atoms with E-state index in [4.69, 9.17) is 9.26 Å². The molecule has 3 N–H and O–H groups in total. The monoisotopic (exact) mass is 513 g/mol. The number of hydrogen-bond donors (Lipinski definition) is 3. The van der Waals surface area contributed by atoms with E-state index < -0.39 is 0 Å². The van der Waals surface area contributed by atoms with Crippen molar-refractivity contribution in [2.45, 2.75) is 39.0 Å². The van der Waals surface area contributed by atoms with Crippen molar-refractivity contribution in [1.82, 2.24) is 15.5 Å².